The van der Waals surface area contributed by atoms with E-state index in [-0.39, 0.29) is 5.97 Å². The van der Waals surface area contributed by atoms with Crippen LogP contribution in [0.3, 0.4) is 0 Å². The number of unbranched alkanes of at least 4 members (excludes halogenated alkanes) is 7. The molecule has 0 aromatic heterocycles. The summed E-state index contributed by atoms with van der Waals surface area (Å²) < 4.78 is 4.60. The summed E-state index contributed by atoms with van der Waals surface area (Å²) in [5.74, 6) is -0.119. The van der Waals surface area contributed by atoms with Gasteiger partial charge in [0.15, 0.2) is 0 Å². The van der Waals surface area contributed by atoms with Crippen LogP contribution in [0, 0.1) is 0 Å². The molecule has 0 aliphatic carbocycles. The molecule has 132 valence electrons. The molecule has 2 heteroatoms. The van der Waals surface area contributed by atoms with Crippen LogP contribution in [0.1, 0.15) is 84.0 Å². The van der Waals surface area contributed by atoms with Crippen LogP contribution >= 0.6 is 0 Å². The van der Waals surface area contributed by atoms with E-state index in [1.54, 1.807) is 0 Å². The predicted octanol–water partition coefficient (Wildman–Crippen LogP) is 6.53. The highest BCUT2D eigenvalue weighted by Crippen LogP contribution is 2.07. The van der Waals surface area contributed by atoms with E-state index in [1.165, 1.54) is 52.1 Å². The Morgan fingerprint density at radius 1 is 0.739 bits per heavy atom. The molecule has 2 nitrogen and oxygen atoms in total. The van der Waals surface area contributed by atoms with E-state index >= 15 is 0 Å². The molecule has 0 bridgehead atoms. The number of allylic oxidation sites excluding steroid dienone is 6. The maximum absolute atomic E-state index is 10.9. The van der Waals surface area contributed by atoms with Crippen LogP contribution in [0.5, 0.6) is 0 Å². The van der Waals surface area contributed by atoms with Crippen LogP contribution in [0.15, 0.2) is 36.5 Å². The van der Waals surface area contributed by atoms with Crippen molar-refractivity contribution in [3.05, 3.63) is 36.5 Å². The van der Waals surface area contributed by atoms with Gasteiger partial charge in [-0.2, -0.15) is 0 Å². The molecule has 0 heterocycles. The molecule has 0 aromatic carbocycles. The molecule has 0 saturated heterocycles. The Kier molecular flexibility index (Phi) is 17.7. The van der Waals surface area contributed by atoms with E-state index < -0.39 is 0 Å². The first-order valence-corrected chi connectivity index (χ1v) is 9.33. The van der Waals surface area contributed by atoms with Crippen molar-refractivity contribution in [3.8, 4) is 0 Å². The van der Waals surface area contributed by atoms with Gasteiger partial charge in [-0.15, -0.1) is 0 Å². The van der Waals surface area contributed by atoms with Gasteiger partial charge in [-0.25, -0.2) is 0 Å². The highest BCUT2D eigenvalue weighted by atomic mass is 16.5. The number of ether oxygens (including phenoxy) is 1. The molecule has 0 rings (SSSR count). The number of hydrogen-bond acceptors (Lipinski definition) is 2. The Bertz CT molecular complexity index is 340. The van der Waals surface area contributed by atoms with Crippen molar-refractivity contribution in [1.29, 1.82) is 0 Å². The summed E-state index contributed by atoms with van der Waals surface area (Å²) in [5.41, 5.74) is 0. The molecule has 0 spiro atoms. The van der Waals surface area contributed by atoms with E-state index in [0.29, 0.717) is 6.42 Å². The normalized spacial score (nSPS) is 11.9. The van der Waals surface area contributed by atoms with Crippen LogP contribution in [0.2, 0.25) is 0 Å². The number of carbonyl (C=O) groups is 1. The molecule has 0 aromatic rings. The molecule has 0 atom stereocenters. The van der Waals surface area contributed by atoms with Gasteiger partial charge in [0.2, 0.25) is 0 Å². The largest absolute Gasteiger partial charge is 0.469 e. The lowest BCUT2D eigenvalue weighted by atomic mass is 10.1. The molecule has 0 saturated carbocycles. The van der Waals surface area contributed by atoms with E-state index in [1.807, 2.05) is 0 Å². The lowest BCUT2D eigenvalue weighted by Gasteiger charge is -1.97. The summed E-state index contributed by atoms with van der Waals surface area (Å²) in [6.07, 6.45) is 27.1. The van der Waals surface area contributed by atoms with E-state index in [4.69, 9.17) is 0 Å². The Hall–Kier alpha value is -1.31. The summed E-state index contributed by atoms with van der Waals surface area (Å²) in [5, 5.41) is 0. The smallest absolute Gasteiger partial charge is 0.305 e. The van der Waals surface area contributed by atoms with Crippen molar-refractivity contribution in [3.63, 3.8) is 0 Å². The van der Waals surface area contributed by atoms with Crippen LogP contribution in [-0.4, -0.2) is 13.1 Å². The molecule has 0 unspecified atom stereocenters. The van der Waals surface area contributed by atoms with Crippen molar-refractivity contribution >= 4 is 5.97 Å². The van der Waals surface area contributed by atoms with Crippen molar-refractivity contribution in [1.82, 2.24) is 0 Å². The third-order valence-corrected chi connectivity index (χ3v) is 3.75. The molecule has 0 fully saturated rings. The minimum atomic E-state index is -0.119. The molecule has 0 amide bonds. The SMILES string of the molecule is CCCCCCCCC=CCC=CCC=CCCCC(=O)OC. The van der Waals surface area contributed by atoms with E-state index in [2.05, 4.69) is 48.1 Å². The Balaban J connectivity index is 3.33. The topological polar surface area (TPSA) is 26.3 Å². The number of esters is 1. The Morgan fingerprint density at radius 2 is 1.26 bits per heavy atom. The summed E-state index contributed by atoms with van der Waals surface area (Å²) in [6.45, 7) is 2.26. The average molecular weight is 321 g/mol. The molecule has 23 heavy (non-hydrogen) atoms. The molecule has 0 aliphatic rings. The number of carbonyl (C=O) groups excluding carboxylic acids is 1. The molecular weight excluding hydrogens is 284 g/mol. The van der Waals surface area contributed by atoms with Crippen molar-refractivity contribution in [2.75, 3.05) is 7.11 Å². The van der Waals surface area contributed by atoms with Gasteiger partial charge in [-0.3, -0.25) is 4.79 Å². The van der Waals surface area contributed by atoms with E-state index in [9.17, 15) is 4.79 Å². The second-order valence-electron chi connectivity index (χ2n) is 5.91. The van der Waals surface area contributed by atoms with E-state index in [0.717, 1.165) is 25.7 Å². The molecular formula is C21H36O2. The fourth-order valence-electron chi connectivity index (χ4n) is 2.29. The lowest BCUT2D eigenvalue weighted by Crippen LogP contribution is -1.98. The van der Waals surface area contributed by atoms with Gasteiger partial charge in [-0.05, 0) is 38.5 Å². The van der Waals surface area contributed by atoms with Gasteiger partial charge in [0.25, 0.3) is 0 Å². The van der Waals surface area contributed by atoms with Crippen LogP contribution in [0.25, 0.3) is 0 Å². The summed E-state index contributed by atoms with van der Waals surface area (Å²) >= 11 is 0. The quantitative estimate of drug-likeness (QED) is 0.195. The molecule has 0 radical (unpaired) electrons. The lowest BCUT2D eigenvalue weighted by molar-refractivity contribution is -0.140. The van der Waals surface area contributed by atoms with Crippen LogP contribution in [0.4, 0.5) is 0 Å². The van der Waals surface area contributed by atoms with Gasteiger partial charge in [0.05, 0.1) is 7.11 Å². The third kappa shape index (κ3) is 18.6. The summed E-state index contributed by atoms with van der Waals surface area (Å²) in [7, 11) is 1.44. The van der Waals surface area contributed by atoms with Gasteiger partial charge < -0.3 is 4.74 Å². The highest BCUT2D eigenvalue weighted by molar-refractivity contribution is 5.68. The van der Waals surface area contributed by atoms with Gasteiger partial charge >= 0.3 is 5.97 Å². The molecule has 0 N–H and O–H groups in total. The maximum atomic E-state index is 10.9. The minimum Gasteiger partial charge on any atom is -0.469 e. The first-order valence-electron chi connectivity index (χ1n) is 9.33. The first kappa shape index (κ1) is 21.7. The fourth-order valence-corrected chi connectivity index (χ4v) is 2.29. The number of rotatable bonds is 15. The summed E-state index contributed by atoms with van der Waals surface area (Å²) in [4.78, 5) is 10.9. The zero-order valence-corrected chi connectivity index (χ0v) is 15.3. The average Bonchev–Trinajstić information content (AvgIpc) is 2.57. The second-order valence-corrected chi connectivity index (χ2v) is 5.91. The zero-order chi connectivity index (χ0) is 17.0. The first-order chi connectivity index (χ1) is 11.3. The summed E-state index contributed by atoms with van der Waals surface area (Å²) in [6, 6.07) is 0. The standard InChI is InChI=1S/C21H36O2/c1-3-4-5-6-7-8-9-10-11-12-13-14-15-16-17-18-19-20-21(22)23-2/h10-11,13-14,16-17H,3-9,12,15,18-20H2,1-2H3. The second kappa shape index (κ2) is 18.7. The predicted molar refractivity (Wildman–Crippen MR) is 101 cm³/mol. The minimum absolute atomic E-state index is 0.119. The van der Waals surface area contributed by atoms with Gasteiger partial charge in [-0.1, -0.05) is 75.5 Å². The zero-order valence-electron chi connectivity index (χ0n) is 15.3. The Labute approximate surface area is 143 Å². The molecule has 0 aliphatic heterocycles. The van der Waals surface area contributed by atoms with Crippen molar-refractivity contribution in [2.45, 2.75) is 84.0 Å². The number of methoxy groups -OCH3 is 1. The highest BCUT2D eigenvalue weighted by Gasteiger charge is 1.96. The monoisotopic (exact) mass is 320 g/mol. The fraction of sp³-hybridized carbons (Fsp3) is 0.667. The number of hydrogen-bond donors (Lipinski definition) is 0. The van der Waals surface area contributed by atoms with Crippen LogP contribution < -0.4 is 0 Å². The van der Waals surface area contributed by atoms with Gasteiger partial charge in [0.1, 0.15) is 0 Å². The van der Waals surface area contributed by atoms with Crippen molar-refractivity contribution in [2.24, 2.45) is 0 Å². The van der Waals surface area contributed by atoms with Crippen LogP contribution in [-0.2, 0) is 9.53 Å². The van der Waals surface area contributed by atoms with Gasteiger partial charge in [0, 0.05) is 6.42 Å². The Morgan fingerprint density at radius 3 is 1.87 bits per heavy atom. The third-order valence-electron chi connectivity index (χ3n) is 3.75. The van der Waals surface area contributed by atoms with Crippen molar-refractivity contribution < 1.29 is 9.53 Å². The maximum Gasteiger partial charge on any atom is 0.305 e.